The number of hydrogen-bond acceptors (Lipinski definition) is 4. The standard InChI is InChI=1S/C6H8N4/c1-9-5(3-7)6(4-8)10-2/h9-10H,1-2H3/b6-5-. The van der Waals surface area contributed by atoms with Gasteiger partial charge in [-0.25, -0.2) is 0 Å². The van der Waals surface area contributed by atoms with Crippen LogP contribution >= 0.6 is 0 Å². The number of allylic oxidation sites excluding steroid dienone is 2. The SMILES string of the molecule is CN/C(C#N)=C(/C#N)NC. The summed E-state index contributed by atoms with van der Waals surface area (Å²) < 4.78 is 0. The Morgan fingerprint density at radius 3 is 1.40 bits per heavy atom. The molecule has 2 N–H and O–H groups in total. The second-order valence-electron chi connectivity index (χ2n) is 1.47. The van der Waals surface area contributed by atoms with Crippen LogP contribution in [0.4, 0.5) is 0 Å². The number of nitrogens with zero attached hydrogens (tertiary/aromatic N) is 2. The van der Waals surface area contributed by atoms with Gasteiger partial charge in [0.05, 0.1) is 0 Å². The number of hydrogen-bond donors (Lipinski definition) is 2. The van der Waals surface area contributed by atoms with Gasteiger partial charge in [0.2, 0.25) is 0 Å². The van der Waals surface area contributed by atoms with Crippen molar-refractivity contribution in [3.63, 3.8) is 0 Å². The van der Waals surface area contributed by atoms with Crippen molar-refractivity contribution < 1.29 is 0 Å². The quantitative estimate of drug-likeness (QED) is 0.510. The normalized spacial score (nSPS) is 10.4. The summed E-state index contributed by atoms with van der Waals surface area (Å²) >= 11 is 0. The summed E-state index contributed by atoms with van der Waals surface area (Å²) in [7, 11) is 3.18. The smallest absolute Gasteiger partial charge is 0.147 e. The largest absolute Gasteiger partial charge is 0.377 e. The molecule has 0 amide bonds. The van der Waals surface area contributed by atoms with Crippen molar-refractivity contribution >= 4 is 0 Å². The van der Waals surface area contributed by atoms with Gasteiger partial charge < -0.3 is 10.6 Å². The van der Waals surface area contributed by atoms with Crippen molar-refractivity contribution in [3.8, 4) is 12.1 Å². The molecule has 0 radical (unpaired) electrons. The Bertz CT molecular complexity index is 191. The van der Waals surface area contributed by atoms with Crippen LogP contribution in [0.5, 0.6) is 0 Å². The maximum Gasteiger partial charge on any atom is 0.147 e. The van der Waals surface area contributed by atoms with E-state index in [2.05, 4.69) is 10.6 Å². The lowest BCUT2D eigenvalue weighted by molar-refractivity contribution is 0.941. The molecule has 0 aliphatic heterocycles. The van der Waals surface area contributed by atoms with E-state index in [9.17, 15) is 0 Å². The first-order valence-corrected chi connectivity index (χ1v) is 2.70. The second-order valence-corrected chi connectivity index (χ2v) is 1.47. The highest BCUT2D eigenvalue weighted by atomic mass is 14.9. The fourth-order valence-corrected chi connectivity index (χ4v) is 0.474. The van der Waals surface area contributed by atoms with Gasteiger partial charge in [-0.15, -0.1) is 0 Å². The minimum absolute atomic E-state index is 0.255. The molecule has 0 atom stereocenters. The zero-order valence-corrected chi connectivity index (χ0v) is 5.89. The van der Waals surface area contributed by atoms with Gasteiger partial charge in [-0.1, -0.05) is 0 Å². The fourth-order valence-electron chi connectivity index (χ4n) is 0.474. The average molecular weight is 136 g/mol. The highest BCUT2D eigenvalue weighted by Crippen LogP contribution is 1.91. The number of rotatable bonds is 2. The Morgan fingerprint density at radius 2 is 1.30 bits per heavy atom. The second kappa shape index (κ2) is 4.22. The minimum Gasteiger partial charge on any atom is -0.377 e. The maximum absolute atomic E-state index is 8.40. The first-order chi connectivity index (χ1) is 4.79. The summed E-state index contributed by atoms with van der Waals surface area (Å²) in [6.07, 6.45) is 0. The summed E-state index contributed by atoms with van der Waals surface area (Å²) in [5.74, 6) is 0. The maximum atomic E-state index is 8.40. The predicted molar refractivity (Wildman–Crippen MR) is 36.4 cm³/mol. The first-order valence-electron chi connectivity index (χ1n) is 2.70. The van der Waals surface area contributed by atoms with Crippen LogP contribution in [-0.2, 0) is 0 Å². The number of nitrogens with one attached hydrogen (secondary N) is 2. The summed E-state index contributed by atoms with van der Waals surface area (Å²) in [4.78, 5) is 0. The molecule has 0 heterocycles. The molecular weight excluding hydrogens is 128 g/mol. The molecule has 0 aliphatic carbocycles. The molecule has 52 valence electrons. The van der Waals surface area contributed by atoms with Crippen LogP contribution in [0.1, 0.15) is 0 Å². The summed E-state index contributed by atoms with van der Waals surface area (Å²) in [6, 6.07) is 3.67. The molecule has 0 rings (SSSR count). The molecule has 0 fully saturated rings. The van der Waals surface area contributed by atoms with E-state index < -0.39 is 0 Å². The molecule has 0 bridgehead atoms. The highest BCUT2D eigenvalue weighted by Gasteiger charge is 1.98. The molecule has 0 saturated heterocycles. The number of nitriles is 2. The van der Waals surface area contributed by atoms with Crippen molar-refractivity contribution in [3.05, 3.63) is 11.4 Å². The van der Waals surface area contributed by atoms with Crippen molar-refractivity contribution in [2.75, 3.05) is 14.1 Å². The van der Waals surface area contributed by atoms with Gasteiger partial charge in [-0.2, -0.15) is 10.5 Å². The lowest BCUT2D eigenvalue weighted by Crippen LogP contribution is -2.14. The molecule has 4 heteroatoms. The third-order valence-corrected chi connectivity index (χ3v) is 0.974. The Hall–Kier alpha value is -1.68. The van der Waals surface area contributed by atoms with Crippen molar-refractivity contribution in [2.24, 2.45) is 0 Å². The third-order valence-electron chi connectivity index (χ3n) is 0.974. The average Bonchev–Trinajstić information content (AvgIpc) is 2.00. The van der Waals surface area contributed by atoms with Gasteiger partial charge in [0.25, 0.3) is 0 Å². The van der Waals surface area contributed by atoms with E-state index >= 15 is 0 Å². The Labute approximate surface area is 59.8 Å². The van der Waals surface area contributed by atoms with E-state index in [1.165, 1.54) is 0 Å². The van der Waals surface area contributed by atoms with Crippen LogP contribution in [0.25, 0.3) is 0 Å². The summed E-state index contributed by atoms with van der Waals surface area (Å²) in [5.41, 5.74) is 0.509. The van der Waals surface area contributed by atoms with Crippen LogP contribution in [0.3, 0.4) is 0 Å². The molecule has 10 heavy (non-hydrogen) atoms. The first kappa shape index (κ1) is 8.32. The van der Waals surface area contributed by atoms with Gasteiger partial charge in [0.1, 0.15) is 23.5 Å². The molecule has 0 aromatic carbocycles. The van der Waals surface area contributed by atoms with Crippen molar-refractivity contribution in [1.29, 1.82) is 10.5 Å². The molecule has 4 nitrogen and oxygen atoms in total. The van der Waals surface area contributed by atoms with Crippen LogP contribution in [0.2, 0.25) is 0 Å². The lowest BCUT2D eigenvalue weighted by Gasteiger charge is -1.98. The van der Waals surface area contributed by atoms with Gasteiger partial charge in [-0.3, -0.25) is 0 Å². The van der Waals surface area contributed by atoms with E-state index in [1.54, 1.807) is 14.1 Å². The molecule has 0 unspecified atom stereocenters. The third kappa shape index (κ3) is 1.68. The molecule has 0 aromatic heterocycles. The lowest BCUT2D eigenvalue weighted by atomic mass is 10.3. The molecule has 0 saturated carbocycles. The van der Waals surface area contributed by atoms with E-state index in [0.29, 0.717) is 0 Å². The molecule has 0 aromatic rings. The molecule has 0 aliphatic rings. The van der Waals surface area contributed by atoms with Gasteiger partial charge in [0, 0.05) is 14.1 Å². The topological polar surface area (TPSA) is 71.6 Å². The predicted octanol–water partition coefficient (Wildman–Crippen LogP) is -0.316. The monoisotopic (exact) mass is 136 g/mol. The molecule has 0 spiro atoms. The van der Waals surface area contributed by atoms with E-state index in [1.807, 2.05) is 12.1 Å². The Balaban J connectivity index is 4.62. The van der Waals surface area contributed by atoms with Gasteiger partial charge in [0.15, 0.2) is 0 Å². The summed E-state index contributed by atoms with van der Waals surface area (Å²) in [6.45, 7) is 0. The Morgan fingerprint density at radius 1 is 1.00 bits per heavy atom. The van der Waals surface area contributed by atoms with Crippen molar-refractivity contribution in [1.82, 2.24) is 10.6 Å². The van der Waals surface area contributed by atoms with Gasteiger partial charge >= 0.3 is 0 Å². The zero-order chi connectivity index (χ0) is 7.98. The van der Waals surface area contributed by atoms with E-state index in [0.717, 1.165) is 0 Å². The van der Waals surface area contributed by atoms with Crippen LogP contribution in [0.15, 0.2) is 11.4 Å². The van der Waals surface area contributed by atoms with Crippen LogP contribution in [0, 0.1) is 22.7 Å². The Kier molecular flexibility index (Phi) is 3.51. The van der Waals surface area contributed by atoms with Crippen LogP contribution in [-0.4, -0.2) is 14.1 Å². The zero-order valence-electron chi connectivity index (χ0n) is 5.89. The molecular formula is C6H8N4. The fraction of sp³-hybridized carbons (Fsp3) is 0.333. The van der Waals surface area contributed by atoms with Crippen molar-refractivity contribution in [2.45, 2.75) is 0 Å². The van der Waals surface area contributed by atoms with Crippen LogP contribution < -0.4 is 10.6 Å². The van der Waals surface area contributed by atoms with E-state index in [4.69, 9.17) is 10.5 Å². The minimum atomic E-state index is 0.255. The highest BCUT2D eigenvalue weighted by molar-refractivity contribution is 5.33. The van der Waals surface area contributed by atoms with E-state index in [-0.39, 0.29) is 11.4 Å². The summed E-state index contributed by atoms with van der Waals surface area (Å²) in [5, 5.41) is 22.0. The van der Waals surface area contributed by atoms with Gasteiger partial charge in [-0.05, 0) is 0 Å².